The molecule has 0 rings (SSSR count). The molecule has 0 aliphatic carbocycles. The molecule has 0 aromatic rings. The van der Waals surface area contributed by atoms with Gasteiger partial charge < -0.3 is 0 Å². The lowest BCUT2D eigenvalue weighted by Gasteiger charge is -1.86. The second-order valence-electron chi connectivity index (χ2n) is 1.26. The summed E-state index contributed by atoms with van der Waals surface area (Å²) in [6.45, 7) is 2.67. The Morgan fingerprint density at radius 1 is 1.62 bits per heavy atom. The molecule has 8 heavy (non-hydrogen) atoms. The highest BCUT2D eigenvalue weighted by molar-refractivity contribution is 7.17. The lowest BCUT2D eigenvalue weighted by atomic mass is 10.4. The summed E-state index contributed by atoms with van der Waals surface area (Å²) in [5.74, 6) is 0. The molecular formula is C4H10ClO2P. The van der Waals surface area contributed by atoms with Crippen molar-refractivity contribution in [1.82, 2.24) is 0 Å². The van der Waals surface area contributed by atoms with Crippen molar-refractivity contribution in [2.75, 3.05) is 6.61 Å². The molecule has 0 fully saturated rings. The van der Waals surface area contributed by atoms with Crippen molar-refractivity contribution < 1.29 is 9.09 Å². The summed E-state index contributed by atoms with van der Waals surface area (Å²) in [6.07, 6.45) is 2.09. The van der Waals surface area contributed by atoms with Gasteiger partial charge in [0.25, 0.3) is 0 Å². The summed E-state index contributed by atoms with van der Waals surface area (Å²) in [7, 11) is -0.195. The molecule has 0 atom stereocenters. The molecule has 0 aliphatic rings. The van der Waals surface area contributed by atoms with Gasteiger partial charge in [-0.15, -0.1) is 12.4 Å². The standard InChI is InChI=1S/C4H9O2P.ClH/c1-2-3-4-6-7-5;/h2-4H2,1H3;1H. The fraction of sp³-hybridized carbons (Fsp3) is 1.00. The van der Waals surface area contributed by atoms with E-state index in [9.17, 15) is 4.57 Å². The molecule has 0 spiro atoms. The fourth-order valence-electron chi connectivity index (χ4n) is 0.246. The first-order valence-electron chi connectivity index (χ1n) is 2.36. The van der Waals surface area contributed by atoms with E-state index < -0.39 is 0 Å². The molecule has 0 bridgehead atoms. The zero-order valence-electron chi connectivity index (χ0n) is 4.79. The minimum absolute atomic E-state index is 0. The summed E-state index contributed by atoms with van der Waals surface area (Å²) < 4.78 is 14.0. The molecule has 0 aromatic carbocycles. The molecule has 0 amide bonds. The molecule has 0 heterocycles. The van der Waals surface area contributed by atoms with Crippen LogP contribution in [0.5, 0.6) is 0 Å². The normalized spacial score (nSPS) is 8.62. The molecular weight excluding hydrogens is 146 g/mol. The third-order valence-corrected chi connectivity index (χ3v) is 0.930. The minimum atomic E-state index is -0.195. The van der Waals surface area contributed by atoms with Gasteiger partial charge in [0.15, 0.2) is 0 Å². The Hall–Kier alpha value is 0.350. The number of unbranched alkanes of at least 4 members (excludes halogenated alkanes) is 1. The zero-order chi connectivity index (χ0) is 5.54. The van der Waals surface area contributed by atoms with E-state index in [1.807, 2.05) is 0 Å². The lowest BCUT2D eigenvalue weighted by Crippen LogP contribution is -1.79. The van der Waals surface area contributed by atoms with E-state index in [0.717, 1.165) is 12.8 Å². The van der Waals surface area contributed by atoms with Crippen LogP contribution in [0.1, 0.15) is 19.8 Å². The van der Waals surface area contributed by atoms with E-state index in [0.29, 0.717) is 6.61 Å². The number of rotatable bonds is 4. The van der Waals surface area contributed by atoms with Gasteiger partial charge in [-0.05, 0) is 6.42 Å². The van der Waals surface area contributed by atoms with E-state index in [1.54, 1.807) is 0 Å². The van der Waals surface area contributed by atoms with E-state index in [-0.39, 0.29) is 21.1 Å². The van der Waals surface area contributed by atoms with Crippen LogP contribution in [0.3, 0.4) is 0 Å². The maximum absolute atomic E-state index is 9.55. The topological polar surface area (TPSA) is 26.3 Å². The number of halogens is 1. The van der Waals surface area contributed by atoms with Crippen LogP contribution in [0.4, 0.5) is 0 Å². The van der Waals surface area contributed by atoms with Crippen LogP contribution in [0.2, 0.25) is 0 Å². The van der Waals surface area contributed by atoms with Gasteiger partial charge in [-0.2, -0.15) is 0 Å². The molecule has 0 aromatic heterocycles. The first-order chi connectivity index (χ1) is 3.41. The van der Waals surface area contributed by atoms with Gasteiger partial charge in [0, 0.05) is 0 Å². The van der Waals surface area contributed by atoms with Crippen molar-refractivity contribution in [2.45, 2.75) is 19.8 Å². The quantitative estimate of drug-likeness (QED) is 0.462. The van der Waals surface area contributed by atoms with Crippen molar-refractivity contribution in [3.8, 4) is 0 Å². The summed E-state index contributed by atoms with van der Waals surface area (Å²) in [5, 5.41) is 0. The van der Waals surface area contributed by atoms with Crippen molar-refractivity contribution in [3.05, 3.63) is 0 Å². The fourth-order valence-corrected chi connectivity index (χ4v) is 0.450. The number of hydrogen-bond acceptors (Lipinski definition) is 2. The highest BCUT2D eigenvalue weighted by Crippen LogP contribution is 1.96. The van der Waals surface area contributed by atoms with E-state index in [4.69, 9.17) is 0 Å². The Morgan fingerprint density at radius 2 is 2.25 bits per heavy atom. The molecule has 50 valence electrons. The summed E-state index contributed by atoms with van der Waals surface area (Å²) in [4.78, 5) is 0. The van der Waals surface area contributed by atoms with Crippen LogP contribution in [0.25, 0.3) is 0 Å². The van der Waals surface area contributed by atoms with E-state index in [1.165, 1.54) is 0 Å². The Balaban J connectivity index is 0. The van der Waals surface area contributed by atoms with Gasteiger partial charge in [0.2, 0.25) is 0 Å². The predicted molar refractivity (Wildman–Crippen MR) is 35.7 cm³/mol. The molecule has 0 radical (unpaired) electrons. The maximum Gasteiger partial charge on any atom is 0.327 e. The molecule has 0 N–H and O–H groups in total. The third kappa shape index (κ3) is 9.61. The van der Waals surface area contributed by atoms with Crippen molar-refractivity contribution in [2.24, 2.45) is 0 Å². The van der Waals surface area contributed by atoms with Gasteiger partial charge in [0.1, 0.15) is 0 Å². The van der Waals surface area contributed by atoms with Gasteiger partial charge in [-0.1, -0.05) is 13.3 Å². The van der Waals surface area contributed by atoms with Crippen LogP contribution >= 0.6 is 21.1 Å². The lowest BCUT2D eigenvalue weighted by molar-refractivity contribution is 0.334. The summed E-state index contributed by atoms with van der Waals surface area (Å²) >= 11 is 0. The zero-order valence-corrected chi connectivity index (χ0v) is 6.50. The molecule has 4 heteroatoms. The molecule has 2 nitrogen and oxygen atoms in total. The Bertz CT molecular complexity index is 51.3. The third-order valence-electron chi connectivity index (χ3n) is 0.642. The first-order valence-corrected chi connectivity index (χ1v) is 3.09. The highest BCUT2D eigenvalue weighted by atomic mass is 35.5. The van der Waals surface area contributed by atoms with Gasteiger partial charge >= 0.3 is 8.69 Å². The molecule has 0 aliphatic heterocycles. The van der Waals surface area contributed by atoms with Crippen LogP contribution in [-0.4, -0.2) is 6.61 Å². The largest absolute Gasteiger partial charge is 0.327 e. The smallest absolute Gasteiger partial charge is 0.294 e. The predicted octanol–water partition coefficient (Wildman–Crippen LogP) is 2.43. The van der Waals surface area contributed by atoms with E-state index in [2.05, 4.69) is 11.4 Å². The van der Waals surface area contributed by atoms with Crippen LogP contribution < -0.4 is 0 Å². The van der Waals surface area contributed by atoms with Gasteiger partial charge in [-0.3, -0.25) is 4.52 Å². The van der Waals surface area contributed by atoms with Crippen molar-refractivity contribution >= 4 is 21.1 Å². The second-order valence-corrected chi connectivity index (χ2v) is 1.67. The summed E-state index contributed by atoms with van der Waals surface area (Å²) in [5.41, 5.74) is 0. The monoisotopic (exact) mass is 156 g/mol. The second kappa shape index (κ2) is 10.4. The van der Waals surface area contributed by atoms with Gasteiger partial charge in [0.05, 0.1) is 6.61 Å². The van der Waals surface area contributed by atoms with Crippen molar-refractivity contribution in [3.63, 3.8) is 0 Å². The Labute approximate surface area is 57.3 Å². The SMILES string of the molecule is CCCCOP=O.Cl. The van der Waals surface area contributed by atoms with E-state index >= 15 is 0 Å². The van der Waals surface area contributed by atoms with Gasteiger partial charge in [-0.25, -0.2) is 4.57 Å². The van der Waals surface area contributed by atoms with Crippen LogP contribution in [0, 0.1) is 0 Å². The van der Waals surface area contributed by atoms with Crippen molar-refractivity contribution in [1.29, 1.82) is 0 Å². The first kappa shape index (κ1) is 11.2. The molecule has 0 saturated heterocycles. The summed E-state index contributed by atoms with van der Waals surface area (Å²) in [6, 6.07) is 0. The Kier molecular flexibility index (Phi) is 14.5. The maximum atomic E-state index is 9.55. The average Bonchev–Trinajstić information content (AvgIpc) is 1.69. The molecule has 0 unspecified atom stereocenters. The minimum Gasteiger partial charge on any atom is -0.294 e. The molecule has 0 saturated carbocycles. The van der Waals surface area contributed by atoms with Crippen LogP contribution in [0.15, 0.2) is 0 Å². The number of hydrogen-bond donors (Lipinski definition) is 0. The Morgan fingerprint density at radius 3 is 2.62 bits per heavy atom. The van der Waals surface area contributed by atoms with Crippen LogP contribution in [-0.2, 0) is 9.09 Å². The average molecular weight is 157 g/mol. The highest BCUT2D eigenvalue weighted by Gasteiger charge is 1.80.